The van der Waals surface area contributed by atoms with Gasteiger partial charge >= 0.3 is 0 Å². The number of nitrogens with one attached hydrogen (secondary N) is 2. The SMILES string of the molecule is C[C@@H]1O[C@H](NNC(=O)c2ccncc2)[C@H](O)[C@H](O)[C@@H]1O. The third kappa shape index (κ3) is 3.11. The molecule has 1 amide bonds. The van der Waals surface area contributed by atoms with E-state index < -0.39 is 36.6 Å². The van der Waals surface area contributed by atoms with Gasteiger partial charge in [0, 0.05) is 18.0 Å². The fraction of sp³-hybridized carbons (Fsp3) is 0.500. The summed E-state index contributed by atoms with van der Waals surface area (Å²) < 4.78 is 5.27. The van der Waals surface area contributed by atoms with E-state index in [1.807, 2.05) is 0 Å². The molecule has 1 aliphatic heterocycles. The molecule has 5 N–H and O–H groups in total. The molecule has 20 heavy (non-hydrogen) atoms. The number of pyridine rings is 1. The van der Waals surface area contributed by atoms with Gasteiger partial charge in [-0.2, -0.15) is 0 Å². The fourth-order valence-electron chi connectivity index (χ4n) is 1.88. The van der Waals surface area contributed by atoms with E-state index in [0.717, 1.165) is 0 Å². The average molecular weight is 283 g/mol. The van der Waals surface area contributed by atoms with Gasteiger partial charge in [0.2, 0.25) is 0 Å². The second kappa shape index (κ2) is 6.25. The van der Waals surface area contributed by atoms with Crippen molar-refractivity contribution in [2.24, 2.45) is 0 Å². The van der Waals surface area contributed by atoms with E-state index in [1.165, 1.54) is 24.5 Å². The van der Waals surface area contributed by atoms with Crippen molar-refractivity contribution < 1.29 is 24.9 Å². The number of aliphatic hydroxyl groups excluding tert-OH is 3. The number of rotatable bonds is 3. The number of amides is 1. The Morgan fingerprint density at radius 2 is 1.85 bits per heavy atom. The molecule has 2 rings (SSSR count). The molecule has 1 aromatic rings. The Morgan fingerprint density at radius 3 is 2.50 bits per heavy atom. The molecule has 0 aliphatic carbocycles. The average Bonchev–Trinajstić information content (AvgIpc) is 2.48. The molecule has 1 fully saturated rings. The molecule has 8 heteroatoms. The third-order valence-corrected chi connectivity index (χ3v) is 3.12. The van der Waals surface area contributed by atoms with Crippen LogP contribution in [0.2, 0.25) is 0 Å². The minimum absolute atomic E-state index is 0.381. The molecule has 8 nitrogen and oxygen atoms in total. The molecule has 0 spiro atoms. The highest BCUT2D eigenvalue weighted by molar-refractivity contribution is 5.93. The molecule has 1 saturated heterocycles. The number of ether oxygens (including phenoxy) is 1. The van der Waals surface area contributed by atoms with Crippen LogP contribution in [0.1, 0.15) is 17.3 Å². The summed E-state index contributed by atoms with van der Waals surface area (Å²) in [5.41, 5.74) is 5.23. The molecule has 0 unspecified atom stereocenters. The van der Waals surface area contributed by atoms with E-state index in [0.29, 0.717) is 5.56 Å². The first-order chi connectivity index (χ1) is 9.50. The van der Waals surface area contributed by atoms with E-state index in [4.69, 9.17) is 4.74 Å². The van der Waals surface area contributed by atoms with E-state index in [1.54, 1.807) is 6.92 Å². The summed E-state index contributed by atoms with van der Waals surface area (Å²) in [5, 5.41) is 28.9. The Kier molecular flexibility index (Phi) is 4.63. The number of carbonyl (C=O) groups excluding carboxylic acids is 1. The van der Waals surface area contributed by atoms with Crippen molar-refractivity contribution in [3.8, 4) is 0 Å². The van der Waals surface area contributed by atoms with Crippen LogP contribution < -0.4 is 10.9 Å². The van der Waals surface area contributed by atoms with Gasteiger partial charge in [0.25, 0.3) is 5.91 Å². The molecule has 5 atom stereocenters. The Balaban J connectivity index is 1.92. The highest BCUT2D eigenvalue weighted by Crippen LogP contribution is 2.18. The minimum Gasteiger partial charge on any atom is -0.388 e. The van der Waals surface area contributed by atoms with Crippen LogP contribution in [-0.2, 0) is 4.74 Å². The largest absolute Gasteiger partial charge is 0.388 e. The standard InChI is InChI=1S/C12H17N3O5/c1-6-8(16)9(17)10(18)12(20-6)15-14-11(19)7-2-4-13-5-3-7/h2-6,8-10,12,15-18H,1H3,(H,14,19)/t6-,8+,9+,10+,12-/m0/s1. The second-order valence-corrected chi connectivity index (χ2v) is 4.57. The quantitative estimate of drug-likeness (QED) is 0.412. The summed E-state index contributed by atoms with van der Waals surface area (Å²) in [4.78, 5) is 15.6. The molecule has 2 heterocycles. The lowest BCUT2D eigenvalue weighted by molar-refractivity contribution is -0.226. The van der Waals surface area contributed by atoms with Crippen LogP contribution in [0.3, 0.4) is 0 Å². The van der Waals surface area contributed by atoms with E-state index in [2.05, 4.69) is 15.8 Å². The van der Waals surface area contributed by atoms with E-state index >= 15 is 0 Å². The zero-order valence-corrected chi connectivity index (χ0v) is 10.8. The van der Waals surface area contributed by atoms with E-state index in [-0.39, 0.29) is 0 Å². The van der Waals surface area contributed by atoms with Gasteiger partial charge in [-0.3, -0.25) is 15.2 Å². The Morgan fingerprint density at radius 1 is 1.20 bits per heavy atom. The van der Waals surface area contributed by atoms with Gasteiger partial charge in [0.15, 0.2) is 6.23 Å². The van der Waals surface area contributed by atoms with Gasteiger partial charge in [-0.05, 0) is 19.1 Å². The fourth-order valence-corrected chi connectivity index (χ4v) is 1.88. The van der Waals surface area contributed by atoms with Crippen molar-refractivity contribution in [3.05, 3.63) is 30.1 Å². The van der Waals surface area contributed by atoms with Gasteiger partial charge in [0.1, 0.15) is 18.3 Å². The Bertz CT molecular complexity index is 458. The maximum absolute atomic E-state index is 11.8. The molecule has 0 saturated carbocycles. The van der Waals surface area contributed by atoms with Gasteiger partial charge < -0.3 is 20.1 Å². The summed E-state index contributed by atoms with van der Waals surface area (Å²) in [6, 6.07) is 3.05. The minimum atomic E-state index is -1.36. The number of hydrogen-bond donors (Lipinski definition) is 5. The lowest BCUT2D eigenvalue weighted by Crippen LogP contribution is -2.63. The van der Waals surface area contributed by atoms with Crippen LogP contribution >= 0.6 is 0 Å². The zero-order valence-electron chi connectivity index (χ0n) is 10.8. The van der Waals surface area contributed by atoms with Crippen LogP contribution in [0, 0.1) is 0 Å². The first-order valence-corrected chi connectivity index (χ1v) is 6.16. The van der Waals surface area contributed by atoms with E-state index in [9.17, 15) is 20.1 Å². The molecular weight excluding hydrogens is 266 g/mol. The number of aromatic nitrogens is 1. The highest BCUT2D eigenvalue weighted by Gasteiger charge is 2.41. The van der Waals surface area contributed by atoms with Crippen molar-refractivity contribution >= 4 is 5.91 Å². The summed E-state index contributed by atoms with van der Waals surface area (Å²) in [6.07, 6.45) is -2.64. The van der Waals surface area contributed by atoms with Crippen molar-refractivity contribution in [2.75, 3.05) is 0 Å². The molecular formula is C12H17N3O5. The van der Waals surface area contributed by atoms with Crippen molar-refractivity contribution in [3.63, 3.8) is 0 Å². The predicted octanol–water partition coefficient (Wildman–Crippen LogP) is -1.86. The maximum atomic E-state index is 11.8. The first-order valence-electron chi connectivity index (χ1n) is 6.16. The number of hydrogen-bond acceptors (Lipinski definition) is 7. The molecule has 0 radical (unpaired) electrons. The molecule has 0 aromatic carbocycles. The second-order valence-electron chi connectivity index (χ2n) is 4.57. The lowest BCUT2D eigenvalue weighted by Gasteiger charge is -2.39. The Hall–Kier alpha value is -1.58. The smallest absolute Gasteiger partial charge is 0.265 e. The lowest BCUT2D eigenvalue weighted by atomic mass is 9.99. The maximum Gasteiger partial charge on any atom is 0.265 e. The van der Waals surface area contributed by atoms with Crippen LogP contribution in [-0.4, -0.2) is 56.9 Å². The molecule has 1 aliphatic rings. The molecule has 1 aromatic heterocycles. The third-order valence-electron chi connectivity index (χ3n) is 3.12. The summed E-state index contributed by atoms with van der Waals surface area (Å²) >= 11 is 0. The Labute approximate surface area is 115 Å². The molecule has 0 bridgehead atoms. The summed E-state index contributed by atoms with van der Waals surface area (Å²) in [7, 11) is 0. The monoisotopic (exact) mass is 283 g/mol. The zero-order chi connectivity index (χ0) is 14.7. The van der Waals surface area contributed by atoms with Crippen LogP contribution in [0.4, 0.5) is 0 Å². The van der Waals surface area contributed by atoms with Gasteiger partial charge in [-0.1, -0.05) is 0 Å². The number of carbonyl (C=O) groups is 1. The van der Waals surface area contributed by atoms with Gasteiger partial charge in [-0.15, -0.1) is 0 Å². The van der Waals surface area contributed by atoms with Gasteiger partial charge in [-0.25, -0.2) is 5.43 Å². The first kappa shape index (κ1) is 14.8. The predicted molar refractivity (Wildman–Crippen MR) is 67.2 cm³/mol. The summed E-state index contributed by atoms with van der Waals surface area (Å²) in [6.45, 7) is 1.55. The normalized spacial score (nSPS) is 33.7. The number of aliphatic hydroxyl groups is 3. The molecule has 110 valence electrons. The summed E-state index contributed by atoms with van der Waals surface area (Å²) in [5.74, 6) is -0.434. The van der Waals surface area contributed by atoms with Crippen molar-refractivity contribution in [1.29, 1.82) is 0 Å². The van der Waals surface area contributed by atoms with Crippen LogP contribution in [0.15, 0.2) is 24.5 Å². The van der Waals surface area contributed by atoms with Crippen molar-refractivity contribution in [2.45, 2.75) is 37.6 Å². The number of nitrogens with zero attached hydrogens (tertiary/aromatic N) is 1. The topological polar surface area (TPSA) is 124 Å². The van der Waals surface area contributed by atoms with Crippen LogP contribution in [0.5, 0.6) is 0 Å². The number of hydrazine groups is 1. The van der Waals surface area contributed by atoms with Crippen LogP contribution in [0.25, 0.3) is 0 Å². The van der Waals surface area contributed by atoms with Gasteiger partial charge in [0.05, 0.1) is 6.10 Å². The highest BCUT2D eigenvalue weighted by atomic mass is 16.5. The van der Waals surface area contributed by atoms with Crippen molar-refractivity contribution in [1.82, 2.24) is 15.8 Å².